The Balaban J connectivity index is 1.28. The van der Waals surface area contributed by atoms with Gasteiger partial charge < -0.3 is 19.5 Å². The zero-order valence-electron chi connectivity index (χ0n) is 25.6. The molecule has 45 heavy (non-hydrogen) atoms. The second-order valence-electron chi connectivity index (χ2n) is 11.4. The quantitative estimate of drug-likeness (QED) is 0.189. The van der Waals surface area contributed by atoms with E-state index >= 15 is 0 Å². The van der Waals surface area contributed by atoms with E-state index < -0.39 is 0 Å². The normalized spacial score (nSPS) is 15.1. The molecule has 0 N–H and O–H groups in total. The second-order valence-corrected chi connectivity index (χ2v) is 11.4. The number of hydrogen-bond donors (Lipinski definition) is 0. The largest absolute Gasteiger partial charge is 0.871 e. The summed E-state index contributed by atoms with van der Waals surface area (Å²) in [5.41, 5.74) is 3.01. The number of carbonyl (C=O) groups is 3. The molecule has 234 valence electrons. The first-order chi connectivity index (χ1) is 21.9. The van der Waals surface area contributed by atoms with E-state index in [-0.39, 0.29) is 43.2 Å². The third-order valence-corrected chi connectivity index (χ3v) is 8.71. The summed E-state index contributed by atoms with van der Waals surface area (Å²) in [6, 6.07) is 15.7. The van der Waals surface area contributed by atoms with Crippen LogP contribution in [0.15, 0.2) is 60.8 Å². The topological polar surface area (TPSA) is 121 Å². The Hall–Kier alpha value is -4.77. The Bertz CT molecular complexity index is 1710. The van der Waals surface area contributed by atoms with E-state index in [4.69, 9.17) is 9.47 Å². The van der Waals surface area contributed by atoms with Crippen LogP contribution in [0.1, 0.15) is 58.9 Å². The lowest BCUT2D eigenvalue weighted by Gasteiger charge is -2.23. The van der Waals surface area contributed by atoms with Crippen LogP contribution >= 0.6 is 0 Å². The summed E-state index contributed by atoms with van der Waals surface area (Å²) in [5, 5.41) is 12.1. The minimum atomic E-state index is -0.293. The zero-order chi connectivity index (χ0) is 31.5. The number of likely N-dealkylation sites (N-methyl/N-ethyl adjacent to an activating group) is 1. The third-order valence-electron chi connectivity index (χ3n) is 8.71. The molecule has 4 heterocycles. The Kier molecular flexibility index (Phi) is 8.79. The summed E-state index contributed by atoms with van der Waals surface area (Å²) in [6.07, 6.45) is 3.41. The molecule has 0 atom stereocenters. The Morgan fingerprint density at radius 1 is 1.07 bits per heavy atom. The number of nitrogens with zero attached hydrogens (tertiary/aromatic N) is 5. The van der Waals surface area contributed by atoms with Crippen molar-refractivity contribution in [1.29, 1.82) is 0 Å². The highest BCUT2D eigenvalue weighted by molar-refractivity contribution is 6.21. The number of carbonyl (C=O) groups excluding carboxylic acids is 3. The maximum atomic E-state index is 13.3. The molecular formula is C34H37N5O6. The van der Waals surface area contributed by atoms with Crippen LogP contribution in [0.2, 0.25) is 0 Å². The maximum Gasteiger partial charge on any atom is 0.277 e. The van der Waals surface area contributed by atoms with Gasteiger partial charge in [-0.15, -0.1) is 0 Å². The number of aryl methyl sites for hydroxylation is 1. The predicted molar refractivity (Wildman–Crippen MR) is 162 cm³/mol. The van der Waals surface area contributed by atoms with Crippen molar-refractivity contribution < 1.29 is 33.5 Å². The van der Waals surface area contributed by atoms with E-state index in [0.29, 0.717) is 54.8 Å². The fourth-order valence-corrected chi connectivity index (χ4v) is 6.24. The van der Waals surface area contributed by atoms with Gasteiger partial charge in [0.05, 0.1) is 36.5 Å². The number of imidazole rings is 1. The number of rotatable bonds is 11. The summed E-state index contributed by atoms with van der Waals surface area (Å²) < 4.78 is 15.9. The highest BCUT2D eigenvalue weighted by Crippen LogP contribution is 2.28. The molecule has 11 heteroatoms. The van der Waals surface area contributed by atoms with Gasteiger partial charge in [0.15, 0.2) is 17.6 Å². The molecule has 2 aromatic heterocycles. The molecular weight excluding hydrogens is 574 g/mol. The average molecular weight is 612 g/mol. The average Bonchev–Trinajstić information content (AvgIpc) is 3.49. The molecule has 11 nitrogen and oxygen atoms in total. The van der Waals surface area contributed by atoms with Gasteiger partial charge in [-0.2, -0.15) is 0 Å². The van der Waals surface area contributed by atoms with E-state index in [9.17, 15) is 19.5 Å². The molecule has 2 aromatic carbocycles. The van der Waals surface area contributed by atoms with Crippen molar-refractivity contribution in [2.75, 3.05) is 26.4 Å². The molecule has 2 aliphatic rings. The number of hydrogen-bond acceptors (Lipinski definition) is 7. The molecule has 4 aromatic rings. The molecule has 6 rings (SSSR count). The number of amides is 3. The van der Waals surface area contributed by atoms with Gasteiger partial charge in [-0.1, -0.05) is 23.9 Å². The van der Waals surface area contributed by atoms with Crippen molar-refractivity contribution in [2.45, 2.75) is 52.9 Å². The van der Waals surface area contributed by atoms with Gasteiger partial charge in [0.2, 0.25) is 0 Å². The van der Waals surface area contributed by atoms with Crippen LogP contribution in [0.5, 0.6) is 11.5 Å². The molecule has 0 saturated carbocycles. The van der Waals surface area contributed by atoms with Gasteiger partial charge in [0, 0.05) is 37.9 Å². The summed E-state index contributed by atoms with van der Waals surface area (Å²) >= 11 is 0. The minimum absolute atomic E-state index is 0.115. The van der Waals surface area contributed by atoms with Crippen LogP contribution in [0, 0.1) is 5.92 Å². The van der Waals surface area contributed by atoms with Crippen LogP contribution in [-0.2, 0) is 35.7 Å². The van der Waals surface area contributed by atoms with Gasteiger partial charge in [-0.3, -0.25) is 24.3 Å². The monoisotopic (exact) mass is 611 g/mol. The summed E-state index contributed by atoms with van der Waals surface area (Å²) in [5.74, 6) is 0.714. The van der Waals surface area contributed by atoms with Crippen LogP contribution in [-0.4, -0.2) is 63.4 Å². The molecule has 0 aliphatic carbocycles. The van der Waals surface area contributed by atoms with Gasteiger partial charge in [-0.05, 0) is 57.0 Å². The number of ether oxygens (including phenoxy) is 2. The predicted octanol–water partition coefficient (Wildman–Crippen LogP) is 3.07. The lowest BCUT2D eigenvalue weighted by atomic mass is 10.0. The van der Waals surface area contributed by atoms with Crippen LogP contribution in [0.25, 0.3) is 11.0 Å². The Labute approximate surface area is 261 Å². The third kappa shape index (κ3) is 6.00. The maximum absolute atomic E-state index is 13.3. The molecule has 1 saturated heterocycles. The zero-order valence-corrected chi connectivity index (χ0v) is 25.6. The van der Waals surface area contributed by atoms with Crippen molar-refractivity contribution in [3.8, 4) is 11.5 Å². The number of fused-ring (bicyclic) bond motifs is 2. The number of pyridine rings is 1. The van der Waals surface area contributed by atoms with Crippen molar-refractivity contribution in [1.82, 2.24) is 19.4 Å². The number of imide groups is 1. The Morgan fingerprint density at radius 2 is 1.80 bits per heavy atom. The minimum Gasteiger partial charge on any atom is -0.871 e. The van der Waals surface area contributed by atoms with Gasteiger partial charge in [-0.25, -0.2) is 9.13 Å². The standard InChI is InChI=1S/C34H37N5O6/c1-3-36(20-27-30(40)10-7-15-35-27)32(41)22-45-24-11-12-28-29(18-24)37(4-2)31(38(28)19-23-13-16-44-17-14-23)21-39-33(42)25-8-5-6-9-26(25)34(39)43/h5-12,15,18,23H,3-4,13-14,16-17,19-22H2,1-2H3. The fourth-order valence-electron chi connectivity index (χ4n) is 6.24. The summed E-state index contributed by atoms with van der Waals surface area (Å²) in [7, 11) is 0. The van der Waals surface area contributed by atoms with E-state index in [1.54, 1.807) is 41.4 Å². The smallest absolute Gasteiger partial charge is 0.277 e. The van der Waals surface area contributed by atoms with Crippen LogP contribution < -0.4 is 14.4 Å². The number of benzene rings is 2. The van der Waals surface area contributed by atoms with Gasteiger partial charge in [0.25, 0.3) is 23.5 Å². The highest BCUT2D eigenvalue weighted by atomic mass is 16.5. The summed E-state index contributed by atoms with van der Waals surface area (Å²) in [4.78, 5) is 46.7. The second kappa shape index (κ2) is 13.1. The fraction of sp³-hybridized carbons (Fsp3) is 0.382. The first-order valence-electron chi connectivity index (χ1n) is 15.5. The van der Waals surface area contributed by atoms with Crippen molar-refractivity contribution in [3.63, 3.8) is 0 Å². The van der Waals surface area contributed by atoms with E-state index in [1.807, 2.05) is 32.0 Å². The first kappa shape index (κ1) is 30.3. The molecule has 1 fully saturated rings. The van der Waals surface area contributed by atoms with E-state index in [1.165, 1.54) is 11.0 Å². The lowest BCUT2D eigenvalue weighted by Crippen LogP contribution is -2.45. The lowest BCUT2D eigenvalue weighted by molar-refractivity contribution is -0.687. The SMILES string of the molecule is CCN(Cc1ncccc1[O-])C(=O)COc1ccc2c(c1)n(CC)c(CN1C(=O)c3ccccc3C1=O)[n+]2CC1CCOCC1. The first-order valence-corrected chi connectivity index (χ1v) is 15.5. The van der Waals surface area contributed by atoms with Crippen LogP contribution in [0.4, 0.5) is 0 Å². The molecule has 0 unspecified atom stereocenters. The van der Waals surface area contributed by atoms with E-state index in [2.05, 4.69) is 14.1 Å². The van der Waals surface area contributed by atoms with E-state index in [0.717, 1.165) is 36.2 Å². The van der Waals surface area contributed by atoms with Crippen LogP contribution in [0.3, 0.4) is 0 Å². The van der Waals surface area contributed by atoms with Crippen molar-refractivity contribution in [2.24, 2.45) is 5.92 Å². The molecule has 2 aliphatic heterocycles. The van der Waals surface area contributed by atoms with Crippen molar-refractivity contribution in [3.05, 3.63) is 83.4 Å². The highest BCUT2D eigenvalue weighted by Gasteiger charge is 2.39. The summed E-state index contributed by atoms with van der Waals surface area (Å²) in [6.45, 7) is 7.08. The molecule has 0 radical (unpaired) electrons. The van der Waals surface area contributed by atoms with Crippen molar-refractivity contribution >= 4 is 28.8 Å². The Morgan fingerprint density at radius 3 is 2.47 bits per heavy atom. The van der Waals surface area contributed by atoms with Gasteiger partial charge in [0.1, 0.15) is 12.3 Å². The molecule has 3 amide bonds. The number of aromatic nitrogens is 3. The molecule has 0 spiro atoms. The van der Waals surface area contributed by atoms with Gasteiger partial charge >= 0.3 is 0 Å². The molecule has 0 bridgehead atoms.